The minimum atomic E-state index is -1.06. The molecule has 0 saturated heterocycles. The summed E-state index contributed by atoms with van der Waals surface area (Å²) in [5, 5.41) is 9.24. The standard InChI is InChI=1S/C19H17N3O5/c1-2-6-25-12-5-3-4-11(7-12)19-26-9-14(27-19)16-17-15(21-10-22-16)13(8-20-17)18(23)24/h3-5,7-10,19-20H,2,6H2,1H3,(H,23,24). The summed E-state index contributed by atoms with van der Waals surface area (Å²) < 4.78 is 17.2. The van der Waals surface area contributed by atoms with E-state index < -0.39 is 12.3 Å². The molecule has 2 aromatic heterocycles. The number of H-pyrrole nitrogens is 1. The molecule has 8 nitrogen and oxygen atoms in total. The summed E-state index contributed by atoms with van der Waals surface area (Å²) in [6.07, 6.45) is 4.43. The van der Waals surface area contributed by atoms with Crippen LogP contribution in [0.5, 0.6) is 5.75 Å². The van der Waals surface area contributed by atoms with E-state index in [2.05, 4.69) is 15.0 Å². The quantitative estimate of drug-likeness (QED) is 0.687. The molecule has 138 valence electrons. The maximum atomic E-state index is 11.3. The predicted molar refractivity (Wildman–Crippen MR) is 96.0 cm³/mol. The van der Waals surface area contributed by atoms with Gasteiger partial charge in [0.15, 0.2) is 5.76 Å². The smallest absolute Gasteiger partial charge is 0.339 e. The number of ether oxygens (including phenoxy) is 3. The molecule has 3 heterocycles. The van der Waals surface area contributed by atoms with Crippen LogP contribution in [0.3, 0.4) is 0 Å². The van der Waals surface area contributed by atoms with Crippen molar-refractivity contribution < 1.29 is 24.1 Å². The average molecular weight is 367 g/mol. The van der Waals surface area contributed by atoms with Crippen LogP contribution in [0.15, 0.2) is 43.1 Å². The van der Waals surface area contributed by atoms with E-state index in [4.69, 9.17) is 14.2 Å². The molecule has 1 aliphatic heterocycles. The fourth-order valence-corrected chi connectivity index (χ4v) is 2.81. The van der Waals surface area contributed by atoms with Gasteiger partial charge in [0.25, 0.3) is 6.29 Å². The number of nitrogens with zero attached hydrogens (tertiary/aromatic N) is 2. The number of carboxylic acid groups (broad SMARTS) is 1. The van der Waals surface area contributed by atoms with Crippen LogP contribution in [-0.4, -0.2) is 32.6 Å². The molecule has 1 aliphatic rings. The molecular formula is C19H17N3O5. The van der Waals surface area contributed by atoms with Crippen LogP contribution in [-0.2, 0) is 9.47 Å². The third-order valence-corrected chi connectivity index (χ3v) is 4.06. The van der Waals surface area contributed by atoms with E-state index in [9.17, 15) is 9.90 Å². The highest BCUT2D eigenvalue weighted by molar-refractivity contribution is 6.03. The Bertz CT molecular complexity index is 1030. The molecule has 0 amide bonds. The molecule has 0 spiro atoms. The Kier molecular flexibility index (Phi) is 4.37. The lowest BCUT2D eigenvalue weighted by Crippen LogP contribution is -2.02. The minimum Gasteiger partial charge on any atom is -0.494 e. The van der Waals surface area contributed by atoms with Crippen molar-refractivity contribution >= 4 is 22.8 Å². The van der Waals surface area contributed by atoms with Crippen LogP contribution >= 0.6 is 0 Å². The number of rotatable bonds is 6. The number of carboxylic acids is 1. The lowest BCUT2D eigenvalue weighted by Gasteiger charge is -2.13. The number of nitrogens with one attached hydrogen (secondary N) is 1. The fourth-order valence-electron chi connectivity index (χ4n) is 2.81. The Morgan fingerprint density at radius 1 is 1.37 bits per heavy atom. The van der Waals surface area contributed by atoms with Crippen LogP contribution in [0, 0.1) is 0 Å². The van der Waals surface area contributed by atoms with Crippen LogP contribution in [0.1, 0.15) is 41.2 Å². The van der Waals surface area contributed by atoms with Gasteiger partial charge in [0.2, 0.25) is 0 Å². The largest absolute Gasteiger partial charge is 0.494 e. The van der Waals surface area contributed by atoms with Gasteiger partial charge in [-0.3, -0.25) is 0 Å². The van der Waals surface area contributed by atoms with Crippen LogP contribution in [0.4, 0.5) is 0 Å². The molecule has 27 heavy (non-hydrogen) atoms. The molecule has 2 N–H and O–H groups in total. The van der Waals surface area contributed by atoms with Gasteiger partial charge >= 0.3 is 5.97 Å². The summed E-state index contributed by atoms with van der Waals surface area (Å²) in [6, 6.07) is 7.50. The van der Waals surface area contributed by atoms with Gasteiger partial charge in [-0.05, 0) is 18.6 Å². The molecule has 1 atom stereocenters. The van der Waals surface area contributed by atoms with Crippen molar-refractivity contribution in [3.05, 3.63) is 59.9 Å². The van der Waals surface area contributed by atoms with E-state index in [1.54, 1.807) is 0 Å². The number of hydrogen-bond acceptors (Lipinski definition) is 6. The lowest BCUT2D eigenvalue weighted by atomic mass is 10.2. The second kappa shape index (κ2) is 6.99. The monoisotopic (exact) mass is 367 g/mol. The summed E-state index contributed by atoms with van der Waals surface area (Å²) in [4.78, 5) is 22.5. The van der Waals surface area contributed by atoms with Crippen molar-refractivity contribution in [2.75, 3.05) is 6.61 Å². The normalized spacial score (nSPS) is 15.9. The summed E-state index contributed by atoms with van der Waals surface area (Å²) >= 11 is 0. The topological polar surface area (TPSA) is 107 Å². The van der Waals surface area contributed by atoms with Gasteiger partial charge in [-0.25, -0.2) is 14.8 Å². The molecule has 0 aliphatic carbocycles. The average Bonchev–Trinajstić information content (AvgIpc) is 3.33. The van der Waals surface area contributed by atoms with E-state index in [-0.39, 0.29) is 5.56 Å². The van der Waals surface area contributed by atoms with Gasteiger partial charge in [0.05, 0.1) is 12.1 Å². The lowest BCUT2D eigenvalue weighted by molar-refractivity contribution is -0.0173. The first-order valence-corrected chi connectivity index (χ1v) is 8.48. The number of carbonyl (C=O) groups is 1. The molecule has 1 aromatic carbocycles. The second-order valence-electron chi connectivity index (χ2n) is 5.94. The van der Waals surface area contributed by atoms with Crippen molar-refractivity contribution in [1.29, 1.82) is 0 Å². The third-order valence-electron chi connectivity index (χ3n) is 4.06. The van der Waals surface area contributed by atoms with E-state index in [0.717, 1.165) is 17.7 Å². The second-order valence-corrected chi connectivity index (χ2v) is 5.94. The molecular weight excluding hydrogens is 350 g/mol. The Morgan fingerprint density at radius 3 is 3.07 bits per heavy atom. The highest BCUT2D eigenvalue weighted by atomic mass is 16.7. The van der Waals surface area contributed by atoms with Crippen molar-refractivity contribution in [3.8, 4) is 5.75 Å². The molecule has 0 bridgehead atoms. The zero-order valence-corrected chi connectivity index (χ0v) is 14.5. The predicted octanol–water partition coefficient (Wildman–Crippen LogP) is 3.49. The van der Waals surface area contributed by atoms with Gasteiger partial charge in [0, 0.05) is 11.8 Å². The van der Waals surface area contributed by atoms with E-state index in [0.29, 0.717) is 29.1 Å². The molecule has 3 aromatic rings. The third kappa shape index (κ3) is 3.17. The van der Waals surface area contributed by atoms with Crippen LogP contribution < -0.4 is 4.74 Å². The number of benzene rings is 1. The first-order valence-electron chi connectivity index (χ1n) is 8.48. The fraction of sp³-hybridized carbons (Fsp3) is 0.211. The van der Waals surface area contributed by atoms with Gasteiger partial charge < -0.3 is 24.3 Å². The SMILES string of the molecule is CCCOc1cccc(C2OC=C(c3ncnc4c(C(=O)O)c[nH]c34)O2)c1. The Balaban J connectivity index is 1.58. The van der Waals surface area contributed by atoms with Crippen molar-refractivity contribution in [3.63, 3.8) is 0 Å². The number of hydrogen-bond donors (Lipinski definition) is 2. The van der Waals surface area contributed by atoms with E-state index >= 15 is 0 Å². The van der Waals surface area contributed by atoms with E-state index in [1.165, 1.54) is 18.8 Å². The molecule has 1 unspecified atom stereocenters. The van der Waals surface area contributed by atoms with Gasteiger partial charge in [-0.2, -0.15) is 0 Å². The highest BCUT2D eigenvalue weighted by Crippen LogP contribution is 2.36. The van der Waals surface area contributed by atoms with Gasteiger partial charge in [-0.15, -0.1) is 0 Å². The van der Waals surface area contributed by atoms with E-state index in [1.807, 2.05) is 31.2 Å². The highest BCUT2D eigenvalue weighted by Gasteiger charge is 2.26. The summed E-state index contributed by atoms with van der Waals surface area (Å²) in [5.41, 5.74) is 2.11. The summed E-state index contributed by atoms with van der Waals surface area (Å²) in [6.45, 7) is 2.68. The zero-order valence-electron chi connectivity index (χ0n) is 14.5. The van der Waals surface area contributed by atoms with Crippen LogP contribution in [0.25, 0.3) is 16.8 Å². The number of aromatic amines is 1. The zero-order chi connectivity index (χ0) is 18.8. The van der Waals surface area contributed by atoms with Gasteiger partial charge in [-0.1, -0.05) is 19.1 Å². The van der Waals surface area contributed by atoms with Crippen molar-refractivity contribution in [1.82, 2.24) is 15.0 Å². The molecule has 0 fully saturated rings. The Hall–Kier alpha value is -3.55. The molecule has 0 saturated carbocycles. The number of aromatic carboxylic acids is 1. The van der Waals surface area contributed by atoms with Crippen molar-refractivity contribution in [2.24, 2.45) is 0 Å². The maximum absolute atomic E-state index is 11.3. The summed E-state index contributed by atoms with van der Waals surface area (Å²) in [7, 11) is 0. The Labute approximate surface area is 154 Å². The number of aromatic nitrogens is 3. The Morgan fingerprint density at radius 2 is 2.26 bits per heavy atom. The molecule has 8 heteroatoms. The minimum absolute atomic E-state index is 0.0745. The summed E-state index contributed by atoms with van der Waals surface area (Å²) in [5.74, 6) is 0.0752. The maximum Gasteiger partial charge on any atom is 0.339 e. The molecule has 4 rings (SSSR count). The number of fused-ring (bicyclic) bond motifs is 1. The van der Waals surface area contributed by atoms with Gasteiger partial charge in [0.1, 0.15) is 35.1 Å². The first kappa shape index (κ1) is 16.9. The van der Waals surface area contributed by atoms with Crippen molar-refractivity contribution in [2.45, 2.75) is 19.6 Å². The first-order chi connectivity index (χ1) is 13.2. The van der Waals surface area contributed by atoms with Crippen LogP contribution in [0.2, 0.25) is 0 Å². The molecule has 0 radical (unpaired) electrons.